The molecule has 44 heavy (non-hydrogen) atoms. The first-order valence-electron chi connectivity index (χ1n) is 13.2. The predicted molar refractivity (Wildman–Crippen MR) is 147 cm³/mol. The van der Waals surface area contributed by atoms with E-state index in [1.54, 1.807) is 0 Å². The van der Waals surface area contributed by atoms with Crippen LogP contribution >= 0.6 is 0 Å². The Kier molecular flexibility index (Phi) is 10.3. The summed E-state index contributed by atoms with van der Waals surface area (Å²) in [5, 5.41) is 12.3. The number of ether oxygens (including phenoxy) is 2. The van der Waals surface area contributed by atoms with Crippen molar-refractivity contribution in [1.82, 2.24) is 29.9 Å². The molecule has 1 atom stereocenters. The van der Waals surface area contributed by atoms with Gasteiger partial charge in [-0.3, -0.25) is 14.7 Å². The summed E-state index contributed by atoms with van der Waals surface area (Å²) in [6.07, 6.45) is -4.61. The molecule has 0 bridgehead atoms. The third-order valence-corrected chi connectivity index (χ3v) is 5.98. The molecule has 4 aromatic rings. The number of hydrogen-bond acceptors (Lipinski definition) is 8. The van der Waals surface area contributed by atoms with Gasteiger partial charge >= 0.3 is 18.1 Å². The van der Waals surface area contributed by atoms with Crippen LogP contribution in [-0.4, -0.2) is 49.1 Å². The minimum atomic E-state index is -4.84. The summed E-state index contributed by atoms with van der Waals surface area (Å²) in [5.41, 5.74) is 1.34. The Morgan fingerprint density at radius 1 is 1.07 bits per heavy atom. The first kappa shape index (κ1) is 31.7. The summed E-state index contributed by atoms with van der Waals surface area (Å²) in [6, 6.07) is 13.9. The van der Waals surface area contributed by atoms with E-state index in [4.69, 9.17) is 4.74 Å². The maximum absolute atomic E-state index is 14.7. The number of carbonyl (C=O) groups is 2. The molecule has 2 heterocycles. The van der Waals surface area contributed by atoms with Crippen molar-refractivity contribution >= 4 is 17.8 Å². The highest BCUT2D eigenvalue weighted by Gasteiger charge is 2.31. The molecule has 0 saturated carbocycles. The summed E-state index contributed by atoms with van der Waals surface area (Å²) in [4.78, 5) is 40.5. The highest BCUT2D eigenvalue weighted by Crippen LogP contribution is 2.23. The second-order valence-corrected chi connectivity index (χ2v) is 9.57. The smallest absolute Gasteiger partial charge is 0.444 e. The molecule has 0 spiro atoms. The van der Waals surface area contributed by atoms with E-state index in [-0.39, 0.29) is 44.2 Å². The van der Waals surface area contributed by atoms with Gasteiger partial charge in [0.1, 0.15) is 24.3 Å². The van der Waals surface area contributed by atoms with E-state index in [1.165, 1.54) is 35.2 Å². The fraction of sp³-hybridized carbons (Fsp3) is 0.286. The van der Waals surface area contributed by atoms with Gasteiger partial charge in [0, 0.05) is 19.3 Å². The quantitative estimate of drug-likeness (QED) is 0.226. The predicted octanol–water partition coefficient (Wildman–Crippen LogP) is 4.15. The van der Waals surface area contributed by atoms with Gasteiger partial charge in [-0.2, -0.15) is 4.98 Å². The number of anilines is 1. The van der Waals surface area contributed by atoms with E-state index in [9.17, 15) is 31.9 Å². The molecule has 4 rings (SSSR count). The van der Waals surface area contributed by atoms with Crippen LogP contribution in [0, 0.1) is 6.92 Å². The number of aryl methyl sites for hydroxylation is 2. The number of alkyl halides is 4. The van der Waals surface area contributed by atoms with E-state index in [0.717, 1.165) is 27.9 Å². The minimum Gasteiger partial charge on any atom is -0.444 e. The Morgan fingerprint density at radius 2 is 1.84 bits per heavy atom. The van der Waals surface area contributed by atoms with Gasteiger partial charge in [0.2, 0.25) is 0 Å². The van der Waals surface area contributed by atoms with E-state index in [1.807, 2.05) is 31.2 Å². The summed E-state index contributed by atoms with van der Waals surface area (Å²) >= 11 is 0. The summed E-state index contributed by atoms with van der Waals surface area (Å²) in [5.74, 6) is -1.11. The van der Waals surface area contributed by atoms with Crippen molar-refractivity contribution in [1.29, 1.82) is 0 Å². The Morgan fingerprint density at radius 3 is 2.59 bits per heavy atom. The number of halogens is 4. The molecule has 232 valence electrons. The van der Waals surface area contributed by atoms with Gasteiger partial charge in [-0.15, -0.1) is 18.3 Å². The Bertz CT molecular complexity index is 1660. The Hall–Kier alpha value is -5.28. The van der Waals surface area contributed by atoms with Crippen LogP contribution in [-0.2, 0) is 31.0 Å². The molecule has 16 heteroatoms. The average Bonchev–Trinajstić information content (AvgIpc) is 3.42. The van der Waals surface area contributed by atoms with Crippen molar-refractivity contribution in [3.05, 3.63) is 99.9 Å². The molecule has 12 nitrogen and oxygen atoms in total. The van der Waals surface area contributed by atoms with Crippen LogP contribution < -0.4 is 21.1 Å². The van der Waals surface area contributed by atoms with Crippen molar-refractivity contribution in [3.8, 4) is 5.75 Å². The molecule has 2 aromatic heterocycles. The molecular formula is C28H27F4N7O5. The number of rotatable bonds is 12. The van der Waals surface area contributed by atoms with Crippen molar-refractivity contribution in [2.45, 2.75) is 52.1 Å². The zero-order chi connectivity index (χ0) is 31.7. The lowest BCUT2D eigenvalue weighted by molar-refractivity contribution is -0.274. The third kappa shape index (κ3) is 9.92. The lowest BCUT2D eigenvalue weighted by Crippen LogP contribution is -2.26. The molecule has 0 aliphatic heterocycles. The molecule has 2 aromatic carbocycles. The van der Waals surface area contributed by atoms with Crippen LogP contribution in [0.3, 0.4) is 0 Å². The van der Waals surface area contributed by atoms with Gasteiger partial charge in [0.15, 0.2) is 5.69 Å². The van der Waals surface area contributed by atoms with Crippen molar-refractivity contribution in [2.24, 2.45) is 0 Å². The maximum atomic E-state index is 14.7. The largest absolute Gasteiger partial charge is 0.573 e. The Labute approximate surface area is 247 Å². The van der Waals surface area contributed by atoms with Crippen molar-refractivity contribution in [2.75, 3.05) is 5.32 Å². The maximum Gasteiger partial charge on any atom is 0.573 e. The van der Waals surface area contributed by atoms with E-state index in [0.29, 0.717) is 5.56 Å². The molecule has 2 amide bonds. The second-order valence-electron chi connectivity index (χ2n) is 9.57. The zero-order valence-corrected chi connectivity index (χ0v) is 23.3. The fourth-order valence-electron chi connectivity index (χ4n) is 3.95. The van der Waals surface area contributed by atoms with Gasteiger partial charge in [0.25, 0.3) is 5.91 Å². The lowest BCUT2D eigenvalue weighted by Gasteiger charge is -2.10. The summed E-state index contributed by atoms with van der Waals surface area (Å²) in [6.45, 7) is 1.56. The highest BCUT2D eigenvalue weighted by molar-refractivity contribution is 5.91. The fourth-order valence-corrected chi connectivity index (χ4v) is 3.95. The van der Waals surface area contributed by atoms with Crippen LogP contribution in [0.25, 0.3) is 0 Å². The number of benzene rings is 2. The van der Waals surface area contributed by atoms with Crippen molar-refractivity contribution < 1.29 is 36.6 Å². The van der Waals surface area contributed by atoms with Gasteiger partial charge < -0.3 is 14.8 Å². The zero-order valence-electron chi connectivity index (χ0n) is 23.3. The number of nitrogens with zero attached hydrogens (tertiary/aromatic N) is 5. The number of aromatic nitrogens is 5. The molecule has 0 radical (unpaired) electrons. The van der Waals surface area contributed by atoms with Crippen LogP contribution in [0.4, 0.5) is 28.2 Å². The second kappa shape index (κ2) is 14.3. The third-order valence-electron chi connectivity index (χ3n) is 5.98. The number of amides is 2. The molecular weight excluding hydrogens is 590 g/mol. The minimum absolute atomic E-state index is 0.0203. The number of hydrogen-bond donors (Lipinski definition) is 2. The average molecular weight is 618 g/mol. The normalized spacial score (nSPS) is 11.9. The lowest BCUT2D eigenvalue weighted by atomic mass is 10.1. The number of carbonyl (C=O) groups excluding carboxylic acids is 2. The standard InChI is InChI=1S/C28H27F4N7O5/c1-18-4-2-6-20(12-18)17-43-27(42)35-24-9-11-38(26(41)34-24)10-8-21(29)15-39-16-23(36-37-39)25(40)33-14-19-5-3-7-22(13-19)44-28(30,31)32/h2-7,9,11-13,16,21H,8,10,14-15,17H2,1H3,(H,33,40)(H,34,35,41,42). The SMILES string of the molecule is Cc1cccc(COC(=O)Nc2ccn(CCC(F)Cn3cc(C(=O)NCc4cccc(OC(F)(F)F)c4)nn3)c(=O)n2)c1. The monoisotopic (exact) mass is 617 g/mol. The molecule has 1 unspecified atom stereocenters. The molecule has 0 aliphatic rings. The van der Waals surface area contributed by atoms with Gasteiger partial charge in [0.05, 0.1) is 12.7 Å². The summed E-state index contributed by atoms with van der Waals surface area (Å²) in [7, 11) is 0. The first-order valence-corrected chi connectivity index (χ1v) is 13.2. The van der Waals surface area contributed by atoms with Crippen LogP contribution in [0.1, 0.15) is 33.6 Å². The van der Waals surface area contributed by atoms with Crippen LogP contribution in [0.15, 0.2) is 71.8 Å². The highest BCUT2D eigenvalue weighted by atomic mass is 19.4. The molecule has 0 saturated heterocycles. The summed E-state index contributed by atoms with van der Waals surface area (Å²) < 4.78 is 63.2. The number of nitrogens with one attached hydrogen (secondary N) is 2. The van der Waals surface area contributed by atoms with Gasteiger partial charge in [-0.1, -0.05) is 47.2 Å². The first-order chi connectivity index (χ1) is 20.9. The van der Waals surface area contributed by atoms with E-state index < -0.39 is 36.0 Å². The molecule has 0 aliphatic carbocycles. The van der Waals surface area contributed by atoms with Gasteiger partial charge in [-0.25, -0.2) is 18.7 Å². The Balaban J connectivity index is 1.21. The van der Waals surface area contributed by atoms with Crippen LogP contribution in [0.2, 0.25) is 0 Å². The van der Waals surface area contributed by atoms with E-state index >= 15 is 0 Å². The van der Waals surface area contributed by atoms with Crippen molar-refractivity contribution in [3.63, 3.8) is 0 Å². The van der Waals surface area contributed by atoms with Crippen LogP contribution in [0.5, 0.6) is 5.75 Å². The topological polar surface area (TPSA) is 142 Å². The molecule has 2 N–H and O–H groups in total. The molecule has 0 fully saturated rings. The van der Waals surface area contributed by atoms with Gasteiger partial charge in [-0.05, 0) is 42.7 Å². The van der Waals surface area contributed by atoms with E-state index in [2.05, 4.69) is 30.7 Å².